The summed E-state index contributed by atoms with van der Waals surface area (Å²) in [6, 6.07) is 6.01. The summed E-state index contributed by atoms with van der Waals surface area (Å²) < 4.78 is 0. The Hall–Kier alpha value is -1.88. The van der Waals surface area contributed by atoms with Gasteiger partial charge in [0.2, 0.25) is 0 Å². The summed E-state index contributed by atoms with van der Waals surface area (Å²) >= 11 is 1.41. The number of carbonyl (C=O) groups is 1. The summed E-state index contributed by atoms with van der Waals surface area (Å²) in [6.07, 6.45) is 3.82. The van der Waals surface area contributed by atoms with E-state index in [0.29, 0.717) is 4.88 Å². The third kappa shape index (κ3) is 2.61. The molecular weight excluding hydrogens is 258 g/mol. The van der Waals surface area contributed by atoms with Crippen molar-refractivity contribution in [3.05, 3.63) is 39.8 Å². The number of hydrogen-bond donors (Lipinski definition) is 2. The molecule has 0 radical (unpaired) electrons. The Morgan fingerprint density at radius 1 is 1.47 bits per heavy atom. The van der Waals surface area contributed by atoms with Crippen molar-refractivity contribution < 1.29 is 4.79 Å². The van der Waals surface area contributed by atoms with Crippen LogP contribution < -0.4 is 10.6 Å². The number of benzene rings is 1. The summed E-state index contributed by atoms with van der Waals surface area (Å²) in [5.74, 6) is -0.0886. The Balaban J connectivity index is 1.78. The molecule has 0 saturated carbocycles. The van der Waals surface area contributed by atoms with Crippen LogP contribution in [0.15, 0.2) is 24.4 Å². The number of fused-ring (bicyclic) bond motifs is 1. The lowest BCUT2D eigenvalue weighted by Gasteiger charge is -2.18. The van der Waals surface area contributed by atoms with Crippen LogP contribution in [0.25, 0.3) is 0 Å². The summed E-state index contributed by atoms with van der Waals surface area (Å²) in [4.78, 5) is 16.8. The van der Waals surface area contributed by atoms with E-state index in [1.54, 1.807) is 6.20 Å². The molecule has 0 saturated heterocycles. The van der Waals surface area contributed by atoms with Gasteiger partial charge in [-0.2, -0.15) is 0 Å². The lowest BCUT2D eigenvalue weighted by Crippen LogP contribution is -2.14. The van der Waals surface area contributed by atoms with Crippen LogP contribution in [0.1, 0.15) is 26.7 Å². The number of nitrogens with one attached hydrogen (secondary N) is 2. The summed E-state index contributed by atoms with van der Waals surface area (Å²) in [7, 11) is 0. The molecule has 0 spiro atoms. The van der Waals surface area contributed by atoms with E-state index in [1.807, 2.05) is 25.1 Å². The first-order valence-corrected chi connectivity index (χ1v) is 7.14. The minimum Gasteiger partial charge on any atom is -0.385 e. The highest BCUT2D eigenvalue weighted by atomic mass is 32.1. The number of thiazole rings is 1. The normalized spacial score (nSPS) is 13.5. The molecule has 2 heterocycles. The quantitative estimate of drug-likeness (QED) is 0.884. The molecule has 1 amide bonds. The van der Waals surface area contributed by atoms with Crippen molar-refractivity contribution in [2.24, 2.45) is 0 Å². The fourth-order valence-electron chi connectivity index (χ4n) is 2.21. The van der Waals surface area contributed by atoms with E-state index >= 15 is 0 Å². The number of anilines is 2. The number of nitrogens with zero attached hydrogens (tertiary/aromatic N) is 1. The molecule has 0 unspecified atom stereocenters. The first-order chi connectivity index (χ1) is 9.22. The highest BCUT2D eigenvalue weighted by molar-refractivity contribution is 7.13. The molecule has 1 aromatic carbocycles. The van der Waals surface area contributed by atoms with Crippen LogP contribution in [0, 0.1) is 6.92 Å². The molecule has 1 aliphatic rings. The molecule has 1 aromatic heterocycles. The maximum Gasteiger partial charge on any atom is 0.267 e. The van der Waals surface area contributed by atoms with Crippen LogP contribution in [0.4, 0.5) is 11.4 Å². The predicted molar refractivity (Wildman–Crippen MR) is 78.1 cm³/mol. The molecule has 2 N–H and O–H groups in total. The average Bonchev–Trinajstić information content (AvgIpc) is 2.85. The zero-order valence-corrected chi connectivity index (χ0v) is 11.5. The number of hydrogen-bond acceptors (Lipinski definition) is 4. The van der Waals surface area contributed by atoms with Crippen molar-refractivity contribution in [1.29, 1.82) is 0 Å². The highest BCUT2D eigenvalue weighted by Crippen LogP contribution is 2.25. The Labute approximate surface area is 115 Å². The molecule has 5 heteroatoms. The van der Waals surface area contributed by atoms with Gasteiger partial charge in [0.25, 0.3) is 5.91 Å². The molecule has 0 atom stereocenters. The van der Waals surface area contributed by atoms with Crippen LogP contribution >= 0.6 is 11.3 Å². The molecule has 19 heavy (non-hydrogen) atoms. The van der Waals surface area contributed by atoms with Crippen molar-refractivity contribution in [1.82, 2.24) is 4.98 Å². The number of rotatable bonds is 2. The third-order valence-corrected chi connectivity index (χ3v) is 4.06. The van der Waals surface area contributed by atoms with Gasteiger partial charge in [0.05, 0.1) is 11.2 Å². The van der Waals surface area contributed by atoms with Gasteiger partial charge in [0, 0.05) is 17.9 Å². The van der Waals surface area contributed by atoms with Crippen molar-refractivity contribution in [2.45, 2.75) is 19.8 Å². The maximum atomic E-state index is 12.0. The summed E-state index contributed by atoms with van der Waals surface area (Å²) in [6.45, 7) is 2.92. The summed E-state index contributed by atoms with van der Waals surface area (Å²) in [5.41, 5.74) is 3.29. The second kappa shape index (κ2) is 5.01. The Kier molecular flexibility index (Phi) is 3.21. The second-order valence-electron chi connectivity index (χ2n) is 4.60. The van der Waals surface area contributed by atoms with Crippen molar-refractivity contribution >= 4 is 28.6 Å². The van der Waals surface area contributed by atoms with Gasteiger partial charge in [0.1, 0.15) is 4.88 Å². The van der Waals surface area contributed by atoms with Crippen LogP contribution in [-0.4, -0.2) is 17.4 Å². The van der Waals surface area contributed by atoms with Crippen LogP contribution in [0.5, 0.6) is 0 Å². The summed E-state index contributed by atoms with van der Waals surface area (Å²) in [5, 5.41) is 7.19. The zero-order chi connectivity index (χ0) is 13.2. The third-order valence-electron chi connectivity index (χ3n) is 3.15. The maximum absolute atomic E-state index is 12.0. The molecule has 4 nitrogen and oxygen atoms in total. The minimum atomic E-state index is -0.0886. The molecule has 3 rings (SSSR count). The predicted octanol–water partition coefficient (Wildman–Crippen LogP) is 3.06. The number of aromatic nitrogens is 1. The van der Waals surface area contributed by atoms with E-state index in [9.17, 15) is 4.79 Å². The lowest BCUT2D eigenvalue weighted by atomic mass is 10.0. The molecule has 98 valence electrons. The van der Waals surface area contributed by atoms with Gasteiger partial charge >= 0.3 is 0 Å². The zero-order valence-electron chi connectivity index (χ0n) is 10.7. The molecule has 0 aliphatic carbocycles. The molecule has 0 bridgehead atoms. The van der Waals surface area contributed by atoms with E-state index in [0.717, 1.165) is 30.1 Å². The van der Waals surface area contributed by atoms with Gasteiger partial charge < -0.3 is 10.6 Å². The van der Waals surface area contributed by atoms with E-state index in [1.165, 1.54) is 22.6 Å². The van der Waals surface area contributed by atoms with Gasteiger partial charge in [-0.25, -0.2) is 4.98 Å². The first kappa shape index (κ1) is 12.2. The van der Waals surface area contributed by atoms with E-state index in [2.05, 4.69) is 15.6 Å². The fourth-order valence-corrected chi connectivity index (χ4v) is 2.88. The van der Waals surface area contributed by atoms with Crippen molar-refractivity contribution in [3.63, 3.8) is 0 Å². The molecular formula is C14H15N3OS. The van der Waals surface area contributed by atoms with E-state index in [4.69, 9.17) is 0 Å². The van der Waals surface area contributed by atoms with Crippen LogP contribution in [-0.2, 0) is 6.42 Å². The molecule has 2 aromatic rings. The smallest absolute Gasteiger partial charge is 0.267 e. The van der Waals surface area contributed by atoms with Crippen molar-refractivity contribution in [3.8, 4) is 0 Å². The lowest BCUT2D eigenvalue weighted by molar-refractivity contribution is 0.103. The Morgan fingerprint density at radius 2 is 2.37 bits per heavy atom. The number of carbonyl (C=O) groups excluding carboxylic acids is 1. The largest absolute Gasteiger partial charge is 0.385 e. The average molecular weight is 273 g/mol. The van der Waals surface area contributed by atoms with Gasteiger partial charge in [-0.15, -0.1) is 11.3 Å². The van der Waals surface area contributed by atoms with Gasteiger partial charge in [-0.1, -0.05) is 0 Å². The first-order valence-electron chi connectivity index (χ1n) is 6.33. The standard InChI is InChI=1S/C14H15N3OS/c1-9-16-8-13(19-9)14(18)17-11-4-5-12-10(7-11)3-2-6-15-12/h4-5,7-8,15H,2-3,6H2,1H3,(H,17,18). The topological polar surface area (TPSA) is 54.0 Å². The van der Waals surface area contributed by atoms with E-state index in [-0.39, 0.29) is 5.91 Å². The fraction of sp³-hybridized carbons (Fsp3) is 0.286. The molecule has 0 fully saturated rings. The Bertz CT molecular complexity index is 621. The number of aryl methyl sites for hydroxylation is 2. The van der Waals surface area contributed by atoms with Gasteiger partial charge in [-0.05, 0) is 43.5 Å². The van der Waals surface area contributed by atoms with Gasteiger partial charge in [-0.3, -0.25) is 4.79 Å². The SMILES string of the molecule is Cc1ncc(C(=O)Nc2ccc3c(c2)CCCN3)s1. The highest BCUT2D eigenvalue weighted by Gasteiger charge is 2.12. The van der Waals surface area contributed by atoms with E-state index < -0.39 is 0 Å². The minimum absolute atomic E-state index is 0.0886. The van der Waals surface area contributed by atoms with Crippen LogP contribution in [0.2, 0.25) is 0 Å². The van der Waals surface area contributed by atoms with Gasteiger partial charge in [0.15, 0.2) is 0 Å². The van der Waals surface area contributed by atoms with Crippen LogP contribution in [0.3, 0.4) is 0 Å². The second-order valence-corrected chi connectivity index (χ2v) is 5.83. The monoisotopic (exact) mass is 273 g/mol. The Morgan fingerprint density at radius 3 is 3.16 bits per heavy atom. The van der Waals surface area contributed by atoms with Crippen molar-refractivity contribution in [2.75, 3.05) is 17.2 Å². The number of amides is 1. The molecule has 1 aliphatic heterocycles.